The Bertz CT molecular complexity index is 608. The van der Waals surface area contributed by atoms with E-state index in [1.807, 2.05) is 12.1 Å². The van der Waals surface area contributed by atoms with Crippen molar-refractivity contribution in [2.45, 2.75) is 0 Å². The maximum atomic E-state index is 11.9. The van der Waals surface area contributed by atoms with Crippen LogP contribution in [0.5, 0.6) is 0 Å². The number of para-hydroxylation sites is 2. The van der Waals surface area contributed by atoms with E-state index in [1.54, 1.807) is 48.5 Å². The van der Waals surface area contributed by atoms with Gasteiger partial charge in [0.2, 0.25) is 0 Å². The predicted octanol–water partition coefficient (Wildman–Crippen LogP) is 2.37. The van der Waals surface area contributed by atoms with Crippen molar-refractivity contribution in [3.8, 4) is 0 Å². The van der Waals surface area contributed by atoms with Crippen LogP contribution in [0.2, 0.25) is 0 Å². The zero-order valence-corrected chi connectivity index (χ0v) is 12.5. The van der Waals surface area contributed by atoms with Crippen LogP contribution in [0, 0.1) is 0 Å². The van der Waals surface area contributed by atoms with Gasteiger partial charge in [0.25, 0.3) is 0 Å². The van der Waals surface area contributed by atoms with Gasteiger partial charge < -0.3 is 0 Å². The lowest BCUT2D eigenvalue weighted by molar-refractivity contribution is 0.202. The quantitative estimate of drug-likeness (QED) is 0.764. The highest BCUT2D eigenvalue weighted by atomic mass is 32.3. The van der Waals surface area contributed by atoms with Crippen LogP contribution < -0.4 is 10.1 Å². The summed E-state index contributed by atoms with van der Waals surface area (Å²) in [6.45, 7) is 0. The molecule has 0 unspecified atom stereocenters. The van der Waals surface area contributed by atoms with Crippen molar-refractivity contribution < 1.29 is 17.0 Å². The van der Waals surface area contributed by atoms with Crippen LogP contribution in [0.15, 0.2) is 60.7 Å². The second-order valence-corrected chi connectivity index (χ2v) is 5.34. The van der Waals surface area contributed by atoms with Gasteiger partial charge in [-0.15, -0.1) is 8.57 Å². The van der Waals surface area contributed by atoms with Crippen LogP contribution in [-0.2, 0) is 19.0 Å². The van der Waals surface area contributed by atoms with Gasteiger partial charge in [0.15, 0.2) is 0 Å². The molecule has 7 heteroatoms. The number of rotatable bonds is 6. The van der Waals surface area contributed by atoms with Gasteiger partial charge >= 0.3 is 10.4 Å². The molecular weight excluding hydrogens is 292 g/mol. The number of hydrogen-bond donors (Lipinski definition) is 0. The second kappa shape index (κ2) is 6.57. The third-order valence-corrected chi connectivity index (χ3v) is 3.46. The lowest BCUT2D eigenvalue weighted by Crippen LogP contribution is -2.30. The molecule has 0 radical (unpaired) electrons. The smallest absolute Gasteiger partial charge is 0.238 e. The molecule has 0 aliphatic carbocycles. The second-order valence-electron chi connectivity index (χ2n) is 4.22. The molecule has 21 heavy (non-hydrogen) atoms. The van der Waals surface area contributed by atoms with Crippen LogP contribution in [0.1, 0.15) is 0 Å². The first kappa shape index (κ1) is 15.3. The fourth-order valence-corrected chi connectivity index (χ4v) is 2.40. The summed E-state index contributed by atoms with van der Waals surface area (Å²) in [5.41, 5.74) is 1.18. The Hall–Kier alpha value is -2.09. The molecule has 0 bridgehead atoms. The van der Waals surface area contributed by atoms with Crippen LogP contribution in [0.3, 0.4) is 0 Å². The molecule has 0 saturated carbocycles. The number of hydrogen-bond acceptors (Lipinski definition) is 6. The Morgan fingerprint density at radius 2 is 1.05 bits per heavy atom. The topological polar surface area (TPSA) is 59.1 Å². The normalized spacial score (nSPS) is 11.1. The SMILES string of the molecule is CN(OS(=O)(=O)ON(C)c1ccccc1)c1ccccc1. The first-order valence-electron chi connectivity index (χ1n) is 6.19. The molecule has 0 amide bonds. The van der Waals surface area contributed by atoms with Gasteiger partial charge in [0, 0.05) is 14.1 Å². The summed E-state index contributed by atoms with van der Waals surface area (Å²) >= 11 is 0. The molecule has 0 aliphatic rings. The van der Waals surface area contributed by atoms with Crippen molar-refractivity contribution in [1.82, 2.24) is 0 Å². The first-order valence-corrected chi connectivity index (χ1v) is 7.53. The Kier molecular flexibility index (Phi) is 4.79. The molecule has 0 atom stereocenters. The zero-order chi connectivity index (χ0) is 15.3. The Balaban J connectivity index is 2.02. The summed E-state index contributed by atoms with van der Waals surface area (Å²) in [7, 11) is -1.25. The van der Waals surface area contributed by atoms with Crippen molar-refractivity contribution >= 4 is 21.8 Å². The van der Waals surface area contributed by atoms with Crippen LogP contribution in [0.25, 0.3) is 0 Å². The summed E-state index contributed by atoms with van der Waals surface area (Å²) in [5, 5.41) is 2.24. The molecule has 0 aliphatic heterocycles. The van der Waals surface area contributed by atoms with Crippen molar-refractivity contribution in [2.75, 3.05) is 24.2 Å². The molecule has 112 valence electrons. The highest BCUT2D eigenvalue weighted by Crippen LogP contribution is 2.17. The van der Waals surface area contributed by atoms with E-state index in [2.05, 4.69) is 0 Å². The molecule has 2 aromatic carbocycles. The fraction of sp³-hybridized carbons (Fsp3) is 0.143. The monoisotopic (exact) mass is 308 g/mol. The Labute approximate surface area is 124 Å². The van der Waals surface area contributed by atoms with E-state index in [1.165, 1.54) is 14.1 Å². The van der Waals surface area contributed by atoms with Crippen LogP contribution >= 0.6 is 0 Å². The minimum absolute atomic E-state index is 0.590. The third-order valence-electron chi connectivity index (χ3n) is 2.65. The number of anilines is 2. The summed E-state index contributed by atoms with van der Waals surface area (Å²) in [6.07, 6.45) is 0. The molecule has 6 nitrogen and oxygen atoms in total. The third kappa shape index (κ3) is 4.45. The van der Waals surface area contributed by atoms with E-state index in [9.17, 15) is 8.42 Å². The number of benzene rings is 2. The van der Waals surface area contributed by atoms with Gasteiger partial charge in [-0.1, -0.05) is 36.4 Å². The molecule has 2 rings (SSSR count). The lowest BCUT2D eigenvalue weighted by atomic mass is 10.3. The molecule has 2 aromatic rings. The van der Waals surface area contributed by atoms with Gasteiger partial charge in [0.1, 0.15) is 0 Å². The molecule has 0 aromatic heterocycles. The fourth-order valence-electron chi connectivity index (χ4n) is 1.65. The number of hydroxylamine groups is 2. The van der Waals surface area contributed by atoms with Gasteiger partial charge in [0.05, 0.1) is 11.4 Å². The van der Waals surface area contributed by atoms with Crippen LogP contribution in [0.4, 0.5) is 11.4 Å². The van der Waals surface area contributed by atoms with Crippen molar-refractivity contribution in [3.05, 3.63) is 60.7 Å². The first-order chi connectivity index (χ1) is 9.98. The molecule has 0 fully saturated rings. The van der Waals surface area contributed by atoms with Gasteiger partial charge in [-0.05, 0) is 24.3 Å². The van der Waals surface area contributed by atoms with E-state index in [0.717, 1.165) is 10.1 Å². The largest absolute Gasteiger partial charge is 0.442 e. The highest BCUT2D eigenvalue weighted by molar-refractivity contribution is 7.81. The molecule has 0 saturated heterocycles. The minimum Gasteiger partial charge on any atom is -0.238 e. The zero-order valence-electron chi connectivity index (χ0n) is 11.7. The lowest BCUT2D eigenvalue weighted by Gasteiger charge is -2.21. The molecule has 0 heterocycles. The summed E-state index contributed by atoms with van der Waals surface area (Å²) < 4.78 is 33.5. The summed E-state index contributed by atoms with van der Waals surface area (Å²) in [5.74, 6) is 0. The van der Waals surface area contributed by atoms with E-state index in [0.29, 0.717) is 11.4 Å². The van der Waals surface area contributed by atoms with E-state index in [-0.39, 0.29) is 0 Å². The maximum absolute atomic E-state index is 11.9. The number of nitrogens with zero attached hydrogens (tertiary/aromatic N) is 2. The molecular formula is C14H16N2O4S. The maximum Gasteiger partial charge on any atom is 0.442 e. The average Bonchev–Trinajstić information content (AvgIpc) is 2.48. The molecule has 0 N–H and O–H groups in total. The Morgan fingerprint density at radius 1 is 0.714 bits per heavy atom. The van der Waals surface area contributed by atoms with Gasteiger partial charge in [-0.3, -0.25) is 0 Å². The summed E-state index contributed by atoms with van der Waals surface area (Å²) in [4.78, 5) is 0. The van der Waals surface area contributed by atoms with Crippen LogP contribution in [-0.4, -0.2) is 22.5 Å². The predicted molar refractivity (Wildman–Crippen MR) is 80.8 cm³/mol. The van der Waals surface area contributed by atoms with Gasteiger partial charge in [-0.2, -0.15) is 8.42 Å². The van der Waals surface area contributed by atoms with E-state index < -0.39 is 10.4 Å². The van der Waals surface area contributed by atoms with Crippen molar-refractivity contribution in [3.63, 3.8) is 0 Å². The summed E-state index contributed by atoms with van der Waals surface area (Å²) in [6, 6.07) is 17.6. The standard InChI is InChI=1S/C14H16N2O4S/c1-15(13-9-5-3-6-10-13)19-21(17,18)20-16(2)14-11-7-4-8-12-14/h3-12H,1-2H3. The van der Waals surface area contributed by atoms with E-state index in [4.69, 9.17) is 8.57 Å². The average molecular weight is 308 g/mol. The van der Waals surface area contributed by atoms with Crippen molar-refractivity contribution in [1.29, 1.82) is 0 Å². The molecule has 0 spiro atoms. The minimum atomic E-state index is -4.22. The van der Waals surface area contributed by atoms with Gasteiger partial charge in [-0.25, -0.2) is 10.1 Å². The van der Waals surface area contributed by atoms with Crippen molar-refractivity contribution in [2.24, 2.45) is 0 Å². The highest BCUT2D eigenvalue weighted by Gasteiger charge is 2.20. The Morgan fingerprint density at radius 3 is 1.38 bits per heavy atom. The van der Waals surface area contributed by atoms with E-state index >= 15 is 0 Å².